The number of pyridine rings is 2. The number of nitrogens with zero attached hydrogens (tertiary/aromatic N) is 4. The highest BCUT2D eigenvalue weighted by Gasteiger charge is 2.42. The Bertz CT molecular complexity index is 1420. The first-order valence-electron chi connectivity index (χ1n) is 12.1. The van der Waals surface area contributed by atoms with Gasteiger partial charge in [-0.25, -0.2) is 0 Å². The SMILES string of the molecule is CCC(=O)Nc1ccc(N2C(=S)N[C@@H](c3ccccn3)[C@H]2c2ccc(C)n2-c2cccnc2)cc1OC. The number of thiocarbonyl (C=S) groups is 1. The lowest BCUT2D eigenvalue weighted by Gasteiger charge is -2.29. The molecular formula is C28H28N6O2S. The number of benzene rings is 1. The summed E-state index contributed by atoms with van der Waals surface area (Å²) in [5.41, 5.74) is 5.42. The van der Waals surface area contributed by atoms with Gasteiger partial charge in [0.15, 0.2) is 5.11 Å². The third-order valence-electron chi connectivity index (χ3n) is 6.47. The molecule has 0 unspecified atom stereocenters. The lowest BCUT2D eigenvalue weighted by molar-refractivity contribution is -0.115. The van der Waals surface area contributed by atoms with Crippen LogP contribution in [0.5, 0.6) is 5.75 Å². The second-order valence-corrected chi connectivity index (χ2v) is 9.12. The Labute approximate surface area is 221 Å². The van der Waals surface area contributed by atoms with E-state index in [9.17, 15) is 4.79 Å². The number of amides is 1. The molecule has 1 saturated heterocycles. The predicted molar refractivity (Wildman–Crippen MR) is 148 cm³/mol. The molecule has 1 fully saturated rings. The van der Waals surface area contributed by atoms with E-state index in [1.807, 2.05) is 61.7 Å². The largest absolute Gasteiger partial charge is 0.494 e. The van der Waals surface area contributed by atoms with Crippen LogP contribution in [0.2, 0.25) is 0 Å². The second-order valence-electron chi connectivity index (χ2n) is 8.73. The molecule has 5 rings (SSSR count). The monoisotopic (exact) mass is 512 g/mol. The number of rotatable bonds is 7. The average Bonchev–Trinajstić information content (AvgIpc) is 3.48. The summed E-state index contributed by atoms with van der Waals surface area (Å²) in [5, 5.41) is 6.98. The van der Waals surface area contributed by atoms with Crippen LogP contribution < -0.4 is 20.3 Å². The maximum atomic E-state index is 12.0. The summed E-state index contributed by atoms with van der Waals surface area (Å²) in [6, 6.07) is 19.3. The van der Waals surface area contributed by atoms with Crippen molar-refractivity contribution in [2.75, 3.05) is 17.3 Å². The number of carbonyl (C=O) groups is 1. The molecule has 188 valence electrons. The van der Waals surface area contributed by atoms with Gasteiger partial charge in [-0.2, -0.15) is 0 Å². The minimum Gasteiger partial charge on any atom is -0.494 e. The summed E-state index contributed by atoms with van der Waals surface area (Å²) in [6.45, 7) is 3.89. The van der Waals surface area contributed by atoms with Gasteiger partial charge in [-0.15, -0.1) is 0 Å². The normalized spacial score (nSPS) is 16.9. The summed E-state index contributed by atoms with van der Waals surface area (Å²) in [6.07, 6.45) is 5.79. The fourth-order valence-corrected chi connectivity index (χ4v) is 5.08. The predicted octanol–water partition coefficient (Wildman–Crippen LogP) is 5.11. The molecule has 2 N–H and O–H groups in total. The molecule has 0 radical (unpaired) electrons. The van der Waals surface area contributed by atoms with E-state index >= 15 is 0 Å². The molecule has 1 aliphatic rings. The van der Waals surface area contributed by atoms with Crippen LogP contribution >= 0.6 is 12.2 Å². The van der Waals surface area contributed by atoms with Crippen LogP contribution in [0, 0.1) is 6.92 Å². The maximum absolute atomic E-state index is 12.0. The highest BCUT2D eigenvalue weighted by molar-refractivity contribution is 7.80. The number of aromatic nitrogens is 3. The van der Waals surface area contributed by atoms with E-state index in [1.54, 1.807) is 19.5 Å². The molecule has 8 nitrogen and oxygen atoms in total. The van der Waals surface area contributed by atoms with Crippen molar-refractivity contribution in [1.82, 2.24) is 19.9 Å². The lowest BCUT2D eigenvalue weighted by atomic mass is 10.0. The average molecular weight is 513 g/mol. The molecule has 4 heterocycles. The van der Waals surface area contributed by atoms with Gasteiger partial charge in [0.05, 0.1) is 36.4 Å². The standard InChI is InChI=1S/C28H28N6O2S/c1-4-25(35)31-21-12-11-19(16-24(21)36-3)34-27(26(32-28(34)37)22-9-5-6-15-30-22)23-13-10-18(2)33(23)20-8-7-14-29-17-20/h5-17,26-27H,4H2,1-3H3,(H,31,35)(H,32,37)/t26-,27+/m0/s1. The van der Waals surface area contributed by atoms with E-state index in [2.05, 4.69) is 49.1 Å². The first kappa shape index (κ1) is 24.5. The van der Waals surface area contributed by atoms with Crippen LogP contribution in [-0.2, 0) is 4.79 Å². The third-order valence-corrected chi connectivity index (χ3v) is 6.78. The molecular weight excluding hydrogens is 484 g/mol. The van der Waals surface area contributed by atoms with Gasteiger partial charge in [0.25, 0.3) is 0 Å². The molecule has 0 bridgehead atoms. The minimum atomic E-state index is -0.225. The van der Waals surface area contributed by atoms with Gasteiger partial charge < -0.3 is 24.8 Å². The van der Waals surface area contributed by atoms with Crippen molar-refractivity contribution in [3.05, 3.63) is 96.3 Å². The molecule has 0 spiro atoms. The molecule has 1 amide bonds. The quantitative estimate of drug-likeness (QED) is 0.333. The zero-order valence-electron chi connectivity index (χ0n) is 20.9. The Balaban J connectivity index is 1.65. The highest BCUT2D eigenvalue weighted by Crippen LogP contribution is 2.44. The van der Waals surface area contributed by atoms with Crippen molar-refractivity contribution in [1.29, 1.82) is 0 Å². The Hall–Kier alpha value is -4.24. The van der Waals surface area contributed by atoms with Gasteiger partial charge >= 0.3 is 0 Å². The Morgan fingerprint density at radius 3 is 2.68 bits per heavy atom. The van der Waals surface area contributed by atoms with Gasteiger partial charge in [0.1, 0.15) is 11.8 Å². The zero-order valence-corrected chi connectivity index (χ0v) is 21.7. The molecule has 4 aromatic rings. The van der Waals surface area contributed by atoms with Gasteiger partial charge in [0, 0.05) is 42.0 Å². The lowest BCUT2D eigenvalue weighted by Crippen LogP contribution is -2.30. The van der Waals surface area contributed by atoms with Crippen molar-refractivity contribution in [2.45, 2.75) is 32.4 Å². The zero-order chi connectivity index (χ0) is 25.9. The number of nitrogens with one attached hydrogen (secondary N) is 2. The van der Waals surface area contributed by atoms with Gasteiger partial charge in [-0.1, -0.05) is 13.0 Å². The molecule has 2 atom stereocenters. The second kappa shape index (κ2) is 10.4. The van der Waals surface area contributed by atoms with Crippen LogP contribution in [0.3, 0.4) is 0 Å². The van der Waals surface area contributed by atoms with Gasteiger partial charge in [-0.3, -0.25) is 14.8 Å². The van der Waals surface area contributed by atoms with Crippen LogP contribution in [0.4, 0.5) is 11.4 Å². The first-order chi connectivity index (χ1) is 18.0. The summed E-state index contributed by atoms with van der Waals surface area (Å²) >= 11 is 5.90. The van der Waals surface area contributed by atoms with Crippen molar-refractivity contribution in [3.8, 4) is 11.4 Å². The van der Waals surface area contributed by atoms with Gasteiger partial charge in [0.2, 0.25) is 5.91 Å². The van der Waals surface area contributed by atoms with Gasteiger partial charge in [-0.05, 0) is 67.7 Å². The van der Waals surface area contributed by atoms with Crippen LogP contribution in [-0.4, -0.2) is 32.7 Å². The van der Waals surface area contributed by atoms with Crippen molar-refractivity contribution >= 4 is 34.6 Å². The van der Waals surface area contributed by atoms with Crippen LogP contribution in [0.1, 0.15) is 42.5 Å². The van der Waals surface area contributed by atoms with Crippen LogP contribution in [0.25, 0.3) is 5.69 Å². The number of anilines is 2. The topological polar surface area (TPSA) is 84.3 Å². The number of carbonyl (C=O) groups excluding carboxylic acids is 1. The molecule has 0 aliphatic carbocycles. The molecule has 1 aliphatic heterocycles. The minimum absolute atomic E-state index is 0.0812. The third kappa shape index (κ3) is 4.65. The number of methoxy groups -OCH3 is 1. The smallest absolute Gasteiger partial charge is 0.224 e. The van der Waals surface area contributed by atoms with Crippen molar-refractivity contribution in [3.63, 3.8) is 0 Å². The van der Waals surface area contributed by atoms with E-state index in [1.165, 1.54) is 0 Å². The molecule has 1 aromatic carbocycles. The number of hydrogen-bond donors (Lipinski definition) is 2. The first-order valence-corrected chi connectivity index (χ1v) is 12.5. The Morgan fingerprint density at radius 2 is 1.97 bits per heavy atom. The fraction of sp³-hybridized carbons (Fsp3) is 0.214. The summed E-state index contributed by atoms with van der Waals surface area (Å²) in [4.78, 5) is 23.1. The number of hydrogen-bond acceptors (Lipinski definition) is 5. The maximum Gasteiger partial charge on any atom is 0.224 e. The van der Waals surface area contributed by atoms with E-state index in [-0.39, 0.29) is 18.0 Å². The fourth-order valence-electron chi connectivity index (χ4n) is 4.73. The van der Waals surface area contributed by atoms with E-state index in [4.69, 9.17) is 17.0 Å². The summed E-state index contributed by atoms with van der Waals surface area (Å²) in [7, 11) is 1.59. The Kier molecular flexibility index (Phi) is 6.87. The van der Waals surface area contributed by atoms with Crippen LogP contribution in [0.15, 0.2) is 79.3 Å². The summed E-state index contributed by atoms with van der Waals surface area (Å²) in [5.74, 6) is 0.475. The highest BCUT2D eigenvalue weighted by atomic mass is 32.1. The van der Waals surface area contributed by atoms with Crippen molar-refractivity contribution in [2.24, 2.45) is 0 Å². The molecule has 0 saturated carbocycles. The molecule has 37 heavy (non-hydrogen) atoms. The van der Waals surface area contributed by atoms with E-state index in [0.29, 0.717) is 23.0 Å². The summed E-state index contributed by atoms with van der Waals surface area (Å²) < 4.78 is 7.84. The molecule has 3 aromatic heterocycles. The van der Waals surface area contributed by atoms with Crippen molar-refractivity contribution < 1.29 is 9.53 Å². The van der Waals surface area contributed by atoms with E-state index in [0.717, 1.165) is 28.5 Å². The number of ether oxygens (including phenoxy) is 1. The number of aryl methyl sites for hydroxylation is 1. The Morgan fingerprint density at radius 1 is 1.11 bits per heavy atom. The van der Waals surface area contributed by atoms with E-state index < -0.39 is 0 Å². The molecule has 9 heteroatoms.